The van der Waals surface area contributed by atoms with Crippen LogP contribution in [0.15, 0.2) is 47.4 Å². The van der Waals surface area contributed by atoms with Crippen molar-refractivity contribution in [1.82, 2.24) is 15.2 Å². The number of hydrogen-bond donors (Lipinski definition) is 1. The van der Waals surface area contributed by atoms with E-state index in [-0.39, 0.29) is 11.8 Å². The lowest BCUT2D eigenvalue weighted by Gasteiger charge is -2.44. The predicted octanol–water partition coefficient (Wildman–Crippen LogP) is 3.73. The van der Waals surface area contributed by atoms with Crippen LogP contribution in [0.5, 0.6) is 17.2 Å². The molecule has 1 N–H and O–H groups in total. The average Bonchev–Trinajstić information content (AvgIpc) is 2.87. The molecule has 0 aliphatic carbocycles. The van der Waals surface area contributed by atoms with Crippen LogP contribution >= 0.6 is 11.8 Å². The summed E-state index contributed by atoms with van der Waals surface area (Å²) in [7, 11) is 3.15. The third-order valence-electron chi connectivity index (χ3n) is 6.36. The summed E-state index contributed by atoms with van der Waals surface area (Å²) in [6.45, 7) is 0.855. The molecule has 2 aliphatic rings. The lowest BCUT2D eigenvalue weighted by molar-refractivity contribution is -0.0247. The minimum atomic E-state index is -0.837. The van der Waals surface area contributed by atoms with Gasteiger partial charge in [0.1, 0.15) is 22.9 Å². The molecule has 1 saturated heterocycles. The standard InChI is InChI=1S/C25H25N3O5S/c1-31-15-7-8-19-17(13-15)23(29)27-25(33-19)9-11-28(12-10-25)24(30)18-14-20(32-2)16-5-4-6-21(34-3)22(16)26-18/h4-8,13-14H,9-12H2,1-3H3,(H,27,29). The summed E-state index contributed by atoms with van der Waals surface area (Å²) < 4.78 is 17.0. The Morgan fingerprint density at radius 2 is 1.94 bits per heavy atom. The molecule has 176 valence electrons. The largest absolute Gasteiger partial charge is 0.497 e. The second kappa shape index (κ2) is 8.72. The van der Waals surface area contributed by atoms with Crippen LogP contribution in [0.2, 0.25) is 0 Å². The number of ether oxygens (including phenoxy) is 3. The van der Waals surface area contributed by atoms with Crippen LogP contribution in [0.3, 0.4) is 0 Å². The van der Waals surface area contributed by atoms with Crippen LogP contribution < -0.4 is 19.5 Å². The molecule has 9 heteroatoms. The van der Waals surface area contributed by atoms with Gasteiger partial charge in [0, 0.05) is 42.3 Å². The van der Waals surface area contributed by atoms with E-state index in [0.717, 1.165) is 15.8 Å². The molecule has 0 saturated carbocycles. The number of piperidine rings is 1. The molecule has 0 bridgehead atoms. The van der Waals surface area contributed by atoms with Crippen LogP contribution in [-0.4, -0.2) is 61.0 Å². The zero-order chi connectivity index (χ0) is 23.9. The van der Waals surface area contributed by atoms with Crippen molar-refractivity contribution >= 4 is 34.5 Å². The van der Waals surface area contributed by atoms with E-state index in [4.69, 9.17) is 14.2 Å². The van der Waals surface area contributed by atoms with E-state index in [9.17, 15) is 9.59 Å². The monoisotopic (exact) mass is 479 g/mol. The molecular formula is C25H25N3O5S. The third-order valence-corrected chi connectivity index (χ3v) is 7.13. The van der Waals surface area contributed by atoms with Crippen molar-refractivity contribution in [2.75, 3.05) is 33.6 Å². The third kappa shape index (κ3) is 3.79. The van der Waals surface area contributed by atoms with Gasteiger partial charge in [-0.3, -0.25) is 9.59 Å². The molecular weight excluding hydrogens is 454 g/mol. The van der Waals surface area contributed by atoms with Gasteiger partial charge in [-0.1, -0.05) is 6.07 Å². The highest BCUT2D eigenvalue weighted by atomic mass is 32.2. The van der Waals surface area contributed by atoms with Gasteiger partial charge in [-0.25, -0.2) is 4.98 Å². The fourth-order valence-corrected chi connectivity index (χ4v) is 5.07. The van der Waals surface area contributed by atoms with E-state index in [2.05, 4.69) is 10.3 Å². The fourth-order valence-electron chi connectivity index (χ4n) is 4.51. The van der Waals surface area contributed by atoms with Gasteiger partial charge in [-0.05, 0) is 36.6 Å². The SMILES string of the molecule is COc1ccc2c(c1)C(=O)NC1(CCN(C(=O)c3cc(OC)c4cccc(SC)c4n3)CC1)O2. The van der Waals surface area contributed by atoms with Gasteiger partial charge in [0.05, 0.1) is 25.3 Å². The first-order valence-electron chi connectivity index (χ1n) is 11.0. The molecule has 0 atom stereocenters. The van der Waals surface area contributed by atoms with Crippen LogP contribution in [0.1, 0.15) is 33.7 Å². The van der Waals surface area contributed by atoms with E-state index < -0.39 is 5.72 Å². The predicted molar refractivity (Wildman–Crippen MR) is 129 cm³/mol. The molecule has 5 rings (SSSR count). The molecule has 3 aromatic rings. The second-order valence-corrected chi connectivity index (χ2v) is 9.12. The second-order valence-electron chi connectivity index (χ2n) is 8.27. The summed E-state index contributed by atoms with van der Waals surface area (Å²) >= 11 is 1.58. The number of pyridine rings is 1. The molecule has 0 unspecified atom stereocenters. The average molecular weight is 480 g/mol. The van der Waals surface area contributed by atoms with Gasteiger partial charge in [-0.15, -0.1) is 11.8 Å². The van der Waals surface area contributed by atoms with Gasteiger partial charge in [0.15, 0.2) is 5.72 Å². The number of thioether (sulfide) groups is 1. The number of para-hydroxylation sites is 1. The highest BCUT2D eigenvalue weighted by molar-refractivity contribution is 7.98. The molecule has 3 heterocycles. The van der Waals surface area contributed by atoms with Crippen molar-refractivity contribution in [2.45, 2.75) is 23.5 Å². The van der Waals surface area contributed by atoms with Crippen LogP contribution in [0.4, 0.5) is 0 Å². The van der Waals surface area contributed by atoms with Gasteiger partial charge in [0.25, 0.3) is 11.8 Å². The Hall–Kier alpha value is -3.46. The number of nitrogens with one attached hydrogen (secondary N) is 1. The number of methoxy groups -OCH3 is 2. The van der Waals surface area contributed by atoms with Gasteiger partial charge in [0.2, 0.25) is 0 Å². The molecule has 2 aromatic carbocycles. The number of amides is 2. The van der Waals surface area contributed by atoms with E-state index >= 15 is 0 Å². The van der Waals surface area contributed by atoms with Gasteiger partial charge >= 0.3 is 0 Å². The molecule has 0 radical (unpaired) electrons. The number of likely N-dealkylation sites (tertiary alicyclic amines) is 1. The van der Waals surface area contributed by atoms with Crippen LogP contribution in [0, 0.1) is 0 Å². The topological polar surface area (TPSA) is 90.0 Å². The van der Waals surface area contributed by atoms with Crippen molar-refractivity contribution in [3.05, 3.63) is 53.7 Å². The molecule has 1 aromatic heterocycles. The zero-order valence-electron chi connectivity index (χ0n) is 19.2. The van der Waals surface area contributed by atoms with E-state index in [1.807, 2.05) is 24.5 Å². The van der Waals surface area contributed by atoms with Crippen molar-refractivity contribution in [3.8, 4) is 17.2 Å². The number of hydrogen-bond acceptors (Lipinski definition) is 7. The summed E-state index contributed by atoms with van der Waals surface area (Å²) in [4.78, 5) is 33.6. The molecule has 8 nitrogen and oxygen atoms in total. The lowest BCUT2D eigenvalue weighted by Crippen LogP contribution is -2.61. The Morgan fingerprint density at radius 1 is 1.15 bits per heavy atom. The minimum Gasteiger partial charge on any atom is -0.497 e. The molecule has 1 spiro atoms. The Labute approximate surface area is 201 Å². The molecule has 2 amide bonds. The van der Waals surface area contributed by atoms with Crippen LogP contribution in [0.25, 0.3) is 10.9 Å². The Morgan fingerprint density at radius 3 is 2.65 bits per heavy atom. The highest BCUT2D eigenvalue weighted by Gasteiger charge is 2.43. The quantitative estimate of drug-likeness (QED) is 0.571. The van der Waals surface area contributed by atoms with Gasteiger partial charge in [-0.2, -0.15) is 0 Å². The summed E-state index contributed by atoms with van der Waals surface area (Å²) in [5.41, 5.74) is 0.699. The number of carbonyl (C=O) groups is 2. The van der Waals surface area contributed by atoms with E-state index in [1.165, 1.54) is 0 Å². The maximum absolute atomic E-state index is 13.4. The van der Waals surface area contributed by atoms with E-state index in [0.29, 0.717) is 54.4 Å². The molecule has 2 aliphatic heterocycles. The van der Waals surface area contributed by atoms with Crippen molar-refractivity contribution in [3.63, 3.8) is 0 Å². The van der Waals surface area contributed by atoms with Gasteiger partial charge < -0.3 is 24.4 Å². The maximum Gasteiger partial charge on any atom is 0.272 e. The van der Waals surface area contributed by atoms with Crippen LogP contribution in [-0.2, 0) is 0 Å². The maximum atomic E-state index is 13.4. The highest BCUT2D eigenvalue weighted by Crippen LogP contribution is 2.36. The first-order valence-corrected chi connectivity index (χ1v) is 12.2. The minimum absolute atomic E-state index is 0.168. The van der Waals surface area contributed by atoms with Crippen molar-refractivity contribution in [2.24, 2.45) is 0 Å². The normalized spacial score (nSPS) is 16.6. The lowest BCUT2D eigenvalue weighted by atomic mass is 9.96. The summed E-state index contributed by atoms with van der Waals surface area (Å²) in [5.74, 6) is 1.36. The summed E-state index contributed by atoms with van der Waals surface area (Å²) in [5, 5.41) is 3.88. The first kappa shape index (κ1) is 22.3. The smallest absolute Gasteiger partial charge is 0.272 e. The number of nitrogens with zero attached hydrogens (tertiary/aromatic N) is 2. The number of fused-ring (bicyclic) bond motifs is 2. The number of benzene rings is 2. The Balaban J connectivity index is 1.36. The van der Waals surface area contributed by atoms with Crippen molar-refractivity contribution in [1.29, 1.82) is 0 Å². The zero-order valence-corrected chi connectivity index (χ0v) is 20.0. The van der Waals surface area contributed by atoms with Crippen molar-refractivity contribution < 1.29 is 23.8 Å². The Kier molecular flexibility index (Phi) is 5.73. The first-order chi connectivity index (χ1) is 16.5. The summed E-state index contributed by atoms with van der Waals surface area (Å²) in [6.07, 6.45) is 2.92. The fraction of sp³-hybridized carbons (Fsp3) is 0.320. The number of carbonyl (C=O) groups excluding carboxylic acids is 2. The molecule has 34 heavy (non-hydrogen) atoms. The number of rotatable bonds is 4. The van der Waals surface area contributed by atoms with E-state index in [1.54, 1.807) is 55.1 Å². The Bertz CT molecular complexity index is 1290. The molecule has 1 fully saturated rings. The number of aromatic nitrogens is 1. The summed E-state index contributed by atoms with van der Waals surface area (Å²) in [6, 6.07) is 12.8.